The van der Waals surface area contributed by atoms with Crippen LogP contribution in [0.25, 0.3) is 0 Å². The first kappa shape index (κ1) is 13.2. The molecular formula is C14H22N2O2. The van der Waals surface area contributed by atoms with Gasteiger partial charge in [0.05, 0.1) is 19.3 Å². The number of aliphatic hydroxyl groups is 1. The van der Waals surface area contributed by atoms with Gasteiger partial charge in [0.25, 0.3) is 0 Å². The molecule has 0 radical (unpaired) electrons. The Bertz CT molecular complexity index is 387. The molecule has 0 saturated carbocycles. The van der Waals surface area contributed by atoms with Gasteiger partial charge in [0.1, 0.15) is 0 Å². The summed E-state index contributed by atoms with van der Waals surface area (Å²) in [7, 11) is 0. The molecule has 1 aromatic rings. The number of nitrogens with zero attached hydrogens (tertiary/aromatic N) is 1. The molecule has 4 nitrogen and oxygen atoms in total. The number of benzene rings is 1. The fourth-order valence-corrected chi connectivity index (χ4v) is 2.36. The Hall–Kier alpha value is -1.26. The molecule has 0 aromatic heterocycles. The molecule has 0 atom stereocenters. The second kappa shape index (κ2) is 6.07. The molecule has 1 saturated heterocycles. The minimum absolute atomic E-state index is 0.109. The van der Waals surface area contributed by atoms with E-state index in [1.54, 1.807) is 0 Å². The van der Waals surface area contributed by atoms with Crippen LogP contribution in [0.4, 0.5) is 11.4 Å². The molecule has 100 valence electrons. The topological polar surface area (TPSA) is 58.7 Å². The summed E-state index contributed by atoms with van der Waals surface area (Å²) in [6.45, 7) is 4.60. The van der Waals surface area contributed by atoms with E-state index < -0.39 is 0 Å². The van der Waals surface area contributed by atoms with Gasteiger partial charge < -0.3 is 20.5 Å². The van der Waals surface area contributed by atoms with Crippen molar-refractivity contribution >= 4 is 11.4 Å². The first-order chi connectivity index (χ1) is 8.70. The Morgan fingerprint density at radius 3 is 2.72 bits per heavy atom. The van der Waals surface area contributed by atoms with Gasteiger partial charge in [0, 0.05) is 24.5 Å². The van der Waals surface area contributed by atoms with Gasteiger partial charge in [0.2, 0.25) is 0 Å². The number of nitrogen functional groups attached to an aromatic ring is 1. The second-order valence-electron chi connectivity index (χ2n) is 4.82. The molecule has 1 aromatic carbocycles. The highest BCUT2D eigenvalue weighted by Crippen LogP contribution is 2.24. The zero-order chi connectivity index (χ0) is 13.0. The molecule has 3 N–H and O–H groups in total. The van der Waals surface area contributed by atoms with Crippen LogP contribution in [0.15, 0.2) is 18.2 Å². The fraction of sp³-hybridized carbons (Fsp3) is 0.571. The zero-order valence-electron chi connectivity index (χ0n) is 10.9. The van der Waals surface area contributed by atoms with Crippen molar-refractivity contribution in [1.29, 1.82) is 0 Å². The van der Waals surface area contributed by atoms with Gasteiger partial charge in [-0.2, -0.15) is 0 Å². The average molecular weight is 250 g/mol. The minimum Gasteiger partial charge on any atom is -0.399 e. The van der Waals surface area contributed by atoms with Crippen LogP contribution in [0.5, 0.6) is 0 Å². The quantitative estimate of drug-likeness (QED) is 0.796. The number of aryl methyl sites for hydroxylation is 1. The summed E-state index contributed by atoms with van der Waals surface area (Å²) in [5, 5.41) is 8.74. The van der Waals surface area contributed by atoms with Gasteiger partial charge >= 0.3 is 0 Å². The highest BCUT2D eigenvalue weighted by molar-refractivity contribution is 5.58. The third-order valence-electron chi connectivity index (χ3n) is 3.51. The summed E-state index contributed by atoms with van der Waals surface area (Å²) in [6.07, 6.45) is 2.33. The lowest BCUT2D eigenvalue weighted by Crippen LogP contribution is -2.37. The van der Waals surface area contributed by atoms with Crippen LogP contribution < -0.4 is 10.6 Å². The summed E-state index contributed by atoms with van der Waals surface area (Å²) < 4.78 is 5.56. The number of piperidine rings is 1. The normalized spacial score (nSPS) is 17.1. The Morgan fingerprint density at radius 1 is 1.39 bits per heavy atom. The van der Waals surface area contributed by atoms with Crippen LogP contribution in [0.3, 0.4) is 0 Å². The van der Waals surface area contributed by atoms with Crippen molar-refractivity contribution in [2.45, 2.75) is 25.9 Å². The number of hydrogen-bond donors (Lipinski definition) is 2. The van der Waals surface area contributed by atoms with E-state index in [0.717, 1.165) is 37.2 Å². The van der Waals surface area contributed by atoms with Crippen LogP contribution >= 0.6 is 0 Å². The first-order valence-electron chi connectivity index (χ1n) is 6.54. The van der Waals surface area contributed by atoms with Gasteiger partial charge in [-0.15, -0.1) is 0 Å². The van der Waals surface area contributed by atoms with Crippen LogP contribution in [-0.4, -0.2) is 37.5 Å². The Morgan fingerprint density at radius 2 is 2.11 bits per heavy atom. The number of nitrogens with two attached hydrogens (primary N) is 1. The molecule has 0 amide bonds. The maximum Gasteiger partial charge on any atom is 0.0701 e. The van der Waals surface area contributed by atoms with Gasteiger partial charge in [-0.3, -0.25) is 0 Å². The summed E-state index contributed by atoms with van der Waals surface area (Å²) in [4.78, 5) is 2.37. The Balaban J connectivity index is 1.90. The maximum atomic E-state index is 8.74. The van der Waals surface area contributed by atoms with Crippen molar-refractivity contribution in [3.63, 3.8) is 0 Å². The molecule has 4 heteroatoms. The lowest BCUT2D eigenvalue weighted by Gasteiger charge is -2.33. The van der Waals surface area contributed by atoms with Gasteiger partial charge in [-0.25, -0.2) is 0 Å². The first-order valence-corrected chi connectivity index (χ1v) is 6.54. The van der Waals surface area contributed by atoms with E-state index in [1.165, 1.54) is 5.69 Å². The van der Waals surface area contributed by atoms with E-state index in [0.29, 0.717) is 12.7 Å². The van der Waals surface area contributed by atoms with Crippen molar-refractivity contribution in [2.24, 2.45) is 0 Å². The van der Waals surface area contributed by atoms with Crippen LogP contribution in [0, 0.1) is 6.92 Å². The second-order valence-corrected chi connectivity index (χ2v) is 4.82. The van der Waals surface area contributed by atoms with E-state index in [9.17, 15) is 0 Å². The molecule has 2 rings (SSSR count). The largest absolute Gasteiger partial charge is 0.399 e. The summed E-state index contributed by atoms with van der Waals surface area (Å²) in [6, 6.07) is 6.19. The predicted octanol–water partition coefficient (Wildman–Crippen LogP) is 1.55. The predicted molar refractivity (Wildman–Crippen MR) is 73.9 cm³/mol. The highest BCUT2D eigenvalue weighted by Gasteiger charge is 2.19. The summed E-state index contributed by atoms with van der Waals surface area (Å²) >= 11 is 0. The Labute approximate surface area is 108 Å². The van der Waals surface area contributed by atoms with Gasteiger partial charge in [-0.1, -0.05) is 0 Å². The third kappa shape index (κ3) is 3.15. The van der Waals surface area contributed by atoms with Crippen LogP contribution in [0.2, 0.25) is 0 Å². The Kier molecular flexibility index (Phi) is 4.44. The molecule has 1 aliphatic rings. The zero-order valence-corrected chi connectivity index (χ0v) is 10.9. The van der Waals surface area contributed by atoms with Crippen LogP contribution in [0.1, 0.15) is 18.4 Å². The fourth-order valence-electron chi connectivity index (χ4n) is 2.36. The molecule has 18 heavy (non-hydrogen) atoms. The van der Waals surface area contributed by atoms with E-state index in [2.05, 4.69) is 17.0 Å². The third-order valence-corrected chi connectivity index (χ3v) is 3.51. The molecule has 0 aliphatic carbocycles. The minimum atomic E-state index is 0.109. The lowest BCUT2D eigenvalue weighted by atomic mass is 10.1. The summed E-state index contributed by atoms with van der Waals surface area (Å²) in [5.74, 6) is 0. The lowest BCUT2D eigenvalue weighted by molar-refractivity contribution is 0.0159. The molecule has 0 bridgehead atoms. The van der Waals surface area contributed by atoms with E-state index in [-0.39, 0.29) is 6.61 Å². The summed E-state index contributed by atoms with van der Waals surface area (Å²) in [5.41, 5.74) is 9.05. The highest BCUT2D eigenvalue weighted by atomic mass is 16.5. The SMILES string of the molecule is Cc1cc(N2CCC(OCCO)CC2)ccc1N. The van der Waals surface area contributed by atoms with Crippen molar-refractivity contribution in [1.82, 2.24) is 0 Å². The van der Waals surface area contributed by atoms with Gasteiger partial charge in [0.15, 0.2) is 0 Å². The van der Waals surface area contributed by atoms with E-state index in [1.807, 2.05) is 13.0 Å². The van der Waals surface area contributed by atoms with Crippen molar-refractivity contribution in [2.75, 3.05) is 36.9 Å². The molecule has 1 aliphatic heterocycles. The molecule has 1 fully saturated rings. The molecule has 0 spiro atoms. The number of rotatable bonds is 4. The standard InChI is InChI=1S/C14H22N2O2/c1-11-10-12(2-3-14(11)15)16-6-4-13(5-7-16)18-9-8-17/h2-3,10,13,17H,4-9,15H2,1H3. The average Bonchev–Trinajstić information content (AvgIpc) is 2.40. The number of ether oxygens (including phenoxy) is 1. The van der Waals surface area contributed by atoms with Crippen molar-refractivity contribution in [3.8, 4) is 0 Å². The molecule has 0 unspecified atom stereocenters. The van der Waals surface area contributed by atoms with Crippen LogP contribution in [-0.2, 0) is 4.74 Å². The van der Waals surface area contributed by atoms with Crippen molar-refractivity contribution < 1.29 is 9.84 Å². The monoisotopic (exact) mass is 250 g/mol. The number of hydrogen-bond acceptors (Lipinski definition) is 4. The number of anilines is 2. The van der Waals surface area contributed by atoms with Gasteiger partial charge in [-0.05, 0) is 43.5 Å². The van der Waals surface area contributed by atoms with Crippen molar-refractivity contribution in [3.05, 3.63) is 23.8 Å². The smallest absolute Gasteiger partial charge is 0.0701 e. The number of aliphatic hydroxyl groups excluding tert-OH is 1. The molecular weight excluding hydrogens is 228 g/mol. The van der Waals surface area contributed by atoms with E-state index in [4.69, 9.17) is 15.6 Å². The molecule has 1 heterocycles. The maximum absolute atomic E-state index is 8.74. The van der Waals surface area contributed by atoms with E-state index >= 15 is 0 Å².